The highest BCUT2D eigenvalue weighted by Crippen LogP contribution is 2.27. The maximum absolute atomic E-state index is 13.0. The minimum Gasteiger partial charge on any atom is -0.497 e. The molecule has 1 aromatic carbocycles. The highest BCUT2D eigenvalue weighted by atomic mass is 16.5. The number of aryl methyl sites for hydroxylation is 1. The van der Waals surface area contributed by atoms with Gasteiger partial charge in [-0.05, 0) is 51.3 Å². The Morgan fingerprint density at radius 2 is 2.07 bits per heavy atom. The Morgan fingerprint density at radius 3 is 2.70 bits per heavy atom. The van der Waals surface area contributed by atoms with Gasteiger partial charge in [-0.15, -0.1) is 0 Å². The third-order valence-corrected chi connectivity index (χ3v) is 5.55. The van der Waals surface area contributed by atoms with Crippen LogP contribution in [-0.4, -0.2) is 40.3 Å². The zero-order chi connectivity index (χ0) is 19.6. The van der Waals surface area contributed by atoms with E-state index in [1.165, 1.54) is 5.69 Å². The SMILES string of the molecule is COc1ccc(C(C)(C)C(=O)NC2CCc3c(nc(C)n3CCO)C2)cc1. The number of rotatable bonds is 6. The van der Waals surface area contributed by atoms with Crippen LogP contribution in [0, 0.1) is 6.92 Å². The van der Waals surface area contributed by atoms with Crippen LogP contribution in [0.2, 0.25) is 0 Å². The topological polar surface area (TPSA) is 76.4 Å². The molecule has 27 heavy (non-hydrogen) atoms. The van der Waals surface area contributed by atoms with Gasteiger partial charge in [-0.25, -0.2) is 4.98 Å². The first kappa shape index (κ1) is 19.4. The van der Waals surface area contributed by atoms with Gasteiger partial charge in [-0.2, -0.15) is 0 Å². The van der Waals surface area contributed by atoms with Crippen LogP contribution >= 0.6 is 0 Å². The highest BCUT2D eigenvalue weighted by Gasteiger charge is 2.33. The molecule has 0 saturated carbocycles. The summed E-state index contributed by atoms with van der Waals surface area (Å²) in [6.45, 7) is 6.54. The number of hydrogen-bond acceptors (Lipinski definition) is 4. The van der Waals surface area contributed by atoms with Crippen molar-refractivity contribution in [3.8, 4) is 5.75 Å². The second kappa shape index (κ2) is 7.72. The van der Waals surface area contributed by atoms with E-state index in [-0.39, 0.29) is 18.6 Å². The van der Waals surface area contributed by atoms with E-state index in [2.05, 4.69) is 14.9 Å². The number of ether oxygens (including phenoxy) is 1. The smallest absolute Gasteiger partial charge is 0.230 e. The molecule has 0 radical (unpaired) electrons. The van der Waals surface area contributed by atoms with Gasteiger partial charge in [0.1, 0.15) is 11.6 Å². The largest absolute Gasteiger partial charge is 0.497 e. The van der Waals surface area contributed by atoms with Crippen molar-refractivity contribution in [1.29, 1.82) is 0 Å². The van der Waals surface area contributed by atoms with Crippen LogP contribution in [0.5, 0.6) is 5.75 Å². The number of carbonyl (C=O) groups excluding carboxylic acids is 1. The molecule has 0 saturated heterocycles. The predicted molar refractivity (Wildman–Crippen MR) is 104 cm³/mol. The quantitative estimate of drug-likeness (QED) is 0.816. The Kier molecular flexibility index (Phi) is 5.56. The van der Waals surface area contributed by atoms with Crippen molar-refractivity contribution in [2.75, 3.05) is 13.7 Å². The lowest BCUT2D eigenvalue weighted by molar-refractivity contribution is -0.126. The average molecular weight is 371 g/mol. The van der Waals surface area contributed by atoms with E-state index < -0.39 is 5.41 Å². The number of methoxy groups -OCH3 is 1. The number of aromatic nitrogens is 2. The number of carbonyl (C=O) groups is 1. The molecular formula is C21H29N3O3. The van der Waals surface area contributed by atoms with Crippen molar-refractivity contribution in [1.82, 2.24) is 14.9 Å². The molecule has 1 amide bonds. The predicted octanol–water partition coefficient (Wildman–Crippen LogP) is 2.14. The Bertz CT molecular complexity index is 809. The molecule has 0 bridgehead atoms. The van der Waals surface area contributed by atoms with Gasteiger partial charge in [0.05, 0.1) is 24.8 Å². The van der Waals surface area contributed by atoms with E-state index in [1.807, 2.05) is 45.0 Å². The number of aliphatic hydroxyl groups is 1. The summed E-state index contributed by atoms with van der Waals surface area (Å²) in [5, 5.41) is 12.5. The van der Waals surface area contributed by atoms with Crippen LogP contribution in [0.4, 0.5) is 0 Å². The van der Waals surface area contributed by atoms with Crippen LogP contribution in [-0.2, 0) is 29.6 Å². The Hall–Kier alpha value is -2.34. The van der Waals surface area contributed by atoms with Crippen molar-refractivity contribution in [2.45, 2.75) is 58.0 Å². The standard InChI is InChI=1S/C21H29N3O3/c1-14-22-18-13-16(7-10-19(18)24(14)11-12-25)23-20(26)21(2,3)15-5-8-17(27-4)9-6-15/h5-6,8-9,16,25H,7,10-13H2,1-4H3,(H,23,26). The molecule has 1 unspecified atom stereocenters. The number of hydrogen-bond donors (Lipinski definition) is 2. The lowest BCUT2D eigenvalue weighted by Crippen LogP contribution is -2.47. The number of imidazole rings is 1. The minimum atomic E-state index is -0.626. The molecule has 146 valence electrons. The maximum Gasteiger partial charge on any atom is 0.230 e. The molecule has 3 rings (SSSR count). The van der Waals surface area contributed by atoms with Crippen LogP contribution in [0.25, 0.3) is 0 Å². The van der Waals surface area contributed by atoms with E-state index in [0.717, 1.165) is 42.1 Å². The summed E-state index contributed by atoms with van der Waals surface area (Å²) in [6, 6.07) is 7.73. The molecule has 0 aliphatic heterocycles. The highest BCUT2D eigenvalue weighted by molar-refractivity contribution is 5.87. The zero-order valence-corrected chi connectivity index (χ0v) is 16.6. The van der Waals surface area contributed by atoms with Gasteiger partial charge in [-0.1, -0.05) is 12.1 Å². The fourth-order valence-corrected chi connectivity index (χ4v) is 3.78. The Morgan fingerprint density at radius 1 is 1.37 bits per heavy atom. The van der Waals surface area contributed by atoms with Crippen molar-refractivity contribution < 1.29 is 14.6 Å². The molecule has 0 fully saturated rings. The molecule has 1 aromatic heterocycles. The molecule has 6 heteroatoms. The molecule has 2 aromatic rings. The summed E-state index contributed by atoms with van der Waals surface area (Å²) < 4.78 is 7.29. The van der Waals surface area contributed by atoms with Gasteiger partial charge in [0.25, 0.3) is 0 Å². The summed E-state index contributed by atoms with van der Waals surface area (Å²) in [5.74, 6) is 1.73. The summed E-state index contributed by atoms with van der Waals surface area (Å²) in [6.07, 6.45) is 2.48. The molecule has 2 N–H and O–H groups in total. The first-order valence-electron chi connectivity index (χ1n) is 9.48. The number of nitrogens with zero attached hydrogens (tertiary/aromatic N) is 2. The van der Waals surface area contributed by atoms with Crippen molar-refractivity contribution in [3.63, 3.8) is 0 Å². The van der Waals surface area contributed by atoms with E-state index >= 15 is 0 Å². The summed E-state index contributed by atoms with van der Waals surface area (Å²) in [5.41, 5.74) is 2.57. The van der Waals surface area contributed by atoms with Crippen LogP contribution in [0.15, 0.2) is 24.3 Å². The summed E-state index contributed by atoms with van der Waals surface area (Å²) >= 11 is 0. The Balaban J connectivity index is 1.70. The number of amides is 1. The van der Waals surface area contributed by atoms with Crippen molar-refractivity contribution >= 4 is 5.91 Å². The molecule has 0 spiro atoms. The third-order valence-electron chi connectivity index (χ3n) is 5.55. The Labute approximate surface area is 160 Å². The molecule has 6 nitrogen and oxygen atoms in total. The first-order chi connectivity index (χ1) is 12.9. The van der Waals surface area contributed by atoms with Crippen molar-refractivity contribution in [2.24, 2.45) is 0 Å². The molecule has 1 aliphatic carbocycles. The van der Waals surface area contributed by atoms with Gasteiger partial charge >= 0.3 is 0 Å². The molecule has 1 aliphatic rings. The number of nitrogens with one attached hydrogen (secondary N) is 1. The van der Waals surface area contributed by atoms with Gasteiger partial charge < -0.3 is 19.7 Å². The van der Waals surface area contributed by atoms with Crippen LogP contribution in [0.3, 0.4) is 0 Å². The average Bonchev–Trinajstić information content (AvgIpc) is 2.96. The number of benzene rings is 1. The van der Waals surface area contributed by atoms with E-state index in [4.69, 9.17) is 4.74 Å². The zero-order valence-electron chi connectivity index (χ0n) is 16.6. The van der Waals surface area contributed by atoms with Crippen LogP contribution in [0.1, 0.15) is 43.0 Å². The minimum absolute atomic E-state index is 0.0210. The lowest BCUT2D eigenvalue weighted by atomic mass is 9.83. The second-order valence-corrected chi connectivity index (χ2v) is 7.69. The third kappa shape index (κ3) is 3.86. The maximum atomic E-state index is 13.0. The van der Waals surface area contributed by atoms with Gasteiger partial charge in [0, 0.05) is 24.7 Å². The monoisotopic (exact) mass is 371 g/mol. The van der Waals surface area contributed by atoms with E-state index in [0.29, 0.717) is 6.54 Å². The molecule has 1 heterocycles. The van der Waals surface area contributed by atoms with Crippen molar-refractivity contribution in [3.05, 3.63) is 47.0 Å². The van der Waals surface area contributed by atoms with Gasteiger partial charge in [-0.3, -0.25) is 4.79 Å². The summed E-state index contributed by atoms with van der Waals surface area (Å²) in [7, 11) is 1.63. The lowest BCUT2D eigenvalue weighted by Gasteiger charge is -2.30. The second-order valence-electron chi connectivity index (χ2n) is 7.69. The fourth-order valence-electron chi connectivity index (χ4n) is 3.78. The van der Waals surface area contributed by atoms with E-state index in [1.54, 1.807) is 7.11 Å². The van der Waals surface area contributed by atoms with Gasteiger partial charge in [0.2, 0.25) is 5.91 Å². The number of fused-ring (bicyclic) bond motifs is 1. The fraction of sp³-hybridized carbons (Fsp3) is 0.524. The molecular weight excluding hydrogens is 342 g/mol. The summed E-state index contributed by atoms with van der Waals surface area (Å²) in [4.78, 5) is 17.6. The van der Waals surface area contributed by atoms with E-state index in [9.17, 15) is 9.90 Å². The number of aliphatic hydroxyl groups excluding tert-OH is 1. The molecule has 1 atom stereocenters. The first-order valence-corrected chi connectivity index (χ1v) is 9.48. The normalized spacial score (nSPS) is 16.7. The van der Waals surface area contributed by atoms with Crippen LogP contribution < -0.4 is 10.1 Å². The van der Waals surface area contributed by atoms with Gasteiger partial charge in [0.15, 0.2) is 0 Å².